The van der Waals surface area contributed by atoms with E-state index in [1.807, 2.05) is 62.6 Å². The molecule has 0 radical (unpaired) electrons. The molecule has 0 saturated heterocycles. The number of benzene rings is 4. The zero-order chi connectivity index (χ0) is 42.7. The van der Waals surface area contributed by atoms with Crippen molar-refractivity contribution in [1.29, 1.82) is 0 Å². The Balaban J connectivity index is 0.949. The molecule has 5 rings (SSSR count). The van der Waals surface area contributed by atoms with Crippen LogP contribution in [0.25, 0.3) is 10.8 Å². The maximum atomic E-state index is 13.8. The Labute approximate surface area is 354 Å². The monoisotopic (exact) mass is 800 g/mol. The van der Waals surface area contributed by atoms with E-state index in [4.69, 9.17) is 0 Å². The van der Waals surface area contributed by atoms with Gasteiger partial charge in [0, 0.05) is 69.0 Å². The van der Waals surface area contributed by atoms with Gasteiger partial charge in [-0.2, -0.15) is 0 Å². The van der Waals surface area contributed by atoms with E-state index in [0.29, 0.717) is 30.8 Å². The van der Waals surface area contributed by atoms with E-state index in [1.165, 1.54) is 35.3 Å². The summed E-state index contributed by atoms with van der Waals surface area (Å²) in [7, 11) is 3.68. The number of unbranched alkanes of at least 4 members (excludes halogenated alkanes) is 9. The molecule has 0 unspecified atom stereocenters. The summed E-state index contributed by atoms with van der Waals surface area (Å²) in [5.74, 6) is -0.243. The second-order valence-corrected chi connectivity index (χ2v) is 18.9. The molecular weight excluding hydrogens is 731 g/mol. The minimum Gasteiger partial charge on any atom is -0.346 e. The Morgan fingerprint density at radius 1 is 0.559 bits per heavy atom. The van der Waals surface area contributed by atoms with E-state index < -0.39 is 0 Å². The third-order valence-electron chi connectivity index (χ3n) is 12.1. The summed E-state index contributed by atoms with van der Waals surface area (Å²) in [6, 6.07) is 28.9. The summed E-state index contributed by atoms with van der Waals surface area (Å²) in [6.07, 6.45) is 11.2. The zero-order valence-corrected chi connectivity index (χ0v) is 37.2. The average molecular weight is 800 g/mol. The molecule has 0 spiro atoms. The summed E-state index contributed by atoms with van der Waals surface area (Å²) in [6.45, 7) is 14.7. The Bertz CT molecular complexity index is 1940. The predicted molar refractivity (Wildman–Crippen MR) is 242 cm³/mol. The van der Waals surface area contributed by atoms with E-state index in [9.17, 15) is 19.2 Å². The Morgan fingerprint density at radius 3 is 1.41 bits per heavy atom. The Hall–Kier alpha value is -4.78. The molecule has 4 aromatic carbocycles. The molecule has 4 aromatic rings. The fourth-order valence-electron chi connectivity index (χ4n) is 8.21. The number of likely N-dealkylation sites (N-methyl/N-ethyl adjacent to an activating group) is 1. The van der Waals surface area contributed by atoms with Gasteiger partial charge in [-0.15, -0.1) is 0 Å². The van der Waals surface area contributed by atoms with Crippen molar-refractivity contribution in [2.24, 2.45) is 0 Å². The van der Waals surface area contributed by atoms with Crippen molar-refractivity contribution in [2.45, 2.75) is 135 Å². The fraction of sp³-hybridized carbons (Fsp3) is 0.500. The van der Waals surface area contributed by atoms with E-state index in [-0.39, 0.29) is 53.2 Å². The standard InChI is InChI=1S/C52H69N3O4/c1-51(2,3)41-33-40-34-42(52(4,5)6)36-44-48(40)43(35-41)49(58)55(50(44)59)32-24-16-14-12-10-9-11-13-15-23-31-53(7)46(56)29-30-47(57)54(8)37-45(38-25-19-17-20-26-38)39-27-21-18-22-28-39/h17-22,25-28,33-36,45H,9-16,23-24,29-32,37H2,1-8H3. The molecule has 0 fully saturated rings. The molecule has 316 valence electrons. The number of hydrogen-bond donors (Lipinski definition) is 0. The third kappa shape index (κ3) is 12.1. The molecule has 7 nitrogen and oxygen atoms in total. The molecule has 4 amide bonds. The quantitative estimate of drug-likeness (QED) is 0.0659. The predicted octanol–water partition coefficient (Wildman–Crippen LogP) is 11.5. The number of nitrogens with zero attached hydrogens (tertiary/aromatic N) is 3. The highest BCUT2D eigenvalue weighted by Gasteiger charge is 2.35. The number of carbonyl (C=O) groups excluding carboxylic acids is 4. The van der Waals surface area contributed by atoms with Crippen LogP contribution in [-0.2, 0) is 20.4 Å². The maximum Gasteiger partial charge on any atom is 0.261 e. The van der Waals surface area contributed by atoms with Gasteiger partial charge in [0.1, 0.15) is 0 Å². The van der Waals surface area contributed by atoms with Crippen molar-refractivity contribution < 1.29 is 19.2 Å². The van der Waals surface area contributed by atoms with Gasteiger partial charge in [-0.1, -0.05) is 166 Å². The number of hydrogen-bond acceptors (Lipinski definition) is 4. The minimum atomic E-state index is -0.164. The topological polar surface area (TPSA) is 78.0 Å². The molecule has 1 aliphatic rings. The van der Waals surface area contributed by atoms with E-state index in [2.05, 4.69) is 77.9 Å². The van der Waals surface area contributed by atoms with Gasteiger partial charge in [-0.3, -0.25) is 24.1 Å². The Kier molecular flexibility index (Phi) is 15.7. The van der Waals surface area contributed by atoms with Gasteiger partial charge in [0.15, 0.2) is 0 Å². The average Bonchev–Trinajstić information content (AvgIpc) is 3.21. The lowest BCUT2D eigenvalue weighted by atomic mass is 9.79. The van der Waals surface area contributed by atoms with Crippen LogP contribution in [0.15, 0.2) is 84.9 Å². The van der Waals surface area contributed by atoms with Crippen molar-refractivity contribution in [3.8, 4) is 0 Å². The van der Waals surface area contributed by atoms with Crippen molar-refractivity contribution >= 4 is 34.4 Å². The van der Waals surface area contributed by atoms with Gasteiger partial charge >= 0.3 is 0 Å². The van der Waals surface area contributed by atoms with Gasteiger partial charge in [-0.25, -0.2) is 0 Å². The minimum absolute atomic E-state index is 0.00976. The van der Waals surface area contributed by atoms with Crippen molar-refractivity contribution in [1.82, 2.24) is 14.7 Å². The lowest BCUT2D eigenvalue weighted by molar-refractivity contribution is -0.135. The van der Waals surface area contributed by atoms with Gasteiger partial charge in [0.25, 0.3) is 11.8 Å². The molecule has 0 aromatic heterocycles. The van der Waals surface area contributed by atoms with Crippen LogP contribution < -0.4 is 0 Å². The van der Waals surface area contributed by atoms with Crippen LogP contribution in [0.1, 0.15) is 167 Å². The zero-order valence-electron chi connectivity index (χ0n) is 37.2. The van der Waals surface area contributed by atoms with Gasteiger partial charge in [0.05, 0.1) is 0 Å². The van der Waals surface area contributed by atoms with Crippen molar-refractivity contribution in [3.63, 3.8) is 0 Å². The second-order valence-electron chi connectivity index (χ2n) is 18.9. The molecule has 0 saturated carbocycles. The summed E-state index contributed by atoms with van der Waals surface area (Å²) in [4.78, 5) is 58.6. The van der Waals surface area contributed by atoms with Crippen molar-refractivity contribution in [3.05, 3.63) is 118 Å². The first-order chi connectivity index (χ1) is 28.1. The van der Waals surface area contributed by atoms with E-state index in [0.717, 1.165) is 66.8 Å². The number of carbonyl (C=O) groups is 4. The molecule has 0 aliphatic carbocycles. The molecular formula is C52H69N3O4. The number of amides is 4. The van der Waals surface area contributed by atoms with Crippen molar-refractivity contribution in [2.75, 3.05) is 33.7 Å². The van der Waals surface area contributed by atoms with Crippen LogP contribution in [0, 0.1) is 0 Å². The smallest absolute Gasteiger partial charge is 0.261 e. The molecule has 1 heterocycles. The van der Waals surface area contributed by atoms with Crippen LogP contribution in [0.4, 0.5) is 0 Å². The van der Waals surface area contributed by atoms with Gasteiger partial charge in [0.2, 0.25) is 11.8 Å². The molecule has 0 bridgehead atoms. The van der Waals surface area contributed by atoms with Crippen LogP contribution in [-0.4, -0.2) is 72.1 Å². The first-order valence-electron chi connectivity index (χ1n) is 22.1. The highest BCUT2D eigenvalue weighted by Crippen LogP contribution is 2.38. The summed E-state index contributed by atoms with van der Waals surface area (Å²) < 4.78 is 0. The lowest BCUT2D eigenvalue weighted by Gasteiger charge is -2.31. The van der Waals surface area contributed by atoms with Gasteiger partial charge < -0.3 is 9.80 Å². The molecule has 7 heteroatoms. The SMILES string of the molecule is CN(CCCCCCCCCCCCN1C(=O)c2cc(C(C)(C)C)cc3cc(C(C)(C)C)cc(c23)C1=O)C(=O)CCC(=O)N(C)CC(c1ccccc1)c1ccccc1. The highest BCUT2D eigenvalue weighted by molar-refractivity contribution is 6.25. The molecule has 0 atom stereocenters. The molecule has 1 aliphatic heterocycles. The fourth-order valence-corrected chi connectivity index (χ4v) is 8.21. The summed E-state index contributed by atoms with van der Waals surface area (Å²) >= 11 is 0. The second kappa shape index (κ2) is 20.5. The first kappa shape index (κ1) is 45.3. The molecule has 0 N–H and O–H groups in total. The summed E-state index contributed by atoms with van der Waals surface area (Å²) in [5, 5.41) is 1.79. The van der Waals surface area contributed by atoms with Crippen LogP contribution in [0.2, 0.25) is 0 Å². The molecule has 59 heavy (non-hydrogen) atoms. The highest BCUT2D eigenvalue weighted by atomic mass is 16.2. The first-order valence-corrected chi connectivity index (χ1v) is 22.1. The van der Waals surface area contributed by atoms with Crippen LogP contribution in [0.5, 0.6) is 0 Å². The van der Waals surface area contributed by atoms with E-state index in [1.54, 1.807) is 9.80 Å². The number of rotatable bonds is 20. The lowest BCUT2D eigenvalue weighted by Crippen LogP contribution is -2.41. The van der Waals surface area contributed by atoms with E-state index >= 15 is 0 Å². The van der Waals surface area contributed by atoms with Crippen LogP contribution >= 0.6 is 0 Å². The largest absolute Gasteiger partial charge is 0.346 e. The van der Waals surface area contributed by atoms with Gasteiger partial charge in [-0.05, 0) is 63.4 Å². The number of imide groups is 1. The normalized spacial score (nSPS) is 13.1. The third-order valence-corrected chi connectivity index (χ3v) is 12.1. The maximum absolute atomic E-state index is 13.8. The summed E-state index contributed by atoms with van der Waals surface area (Å²) in [5.41, 5.74) is 5.63. The van der Waals surface area contributed by atoms with Crippen LogP contribution in [0.3, 0.4) is 0 Å². The Morgan fingerprint density at radius 2 is 0.966 bits per heavy atom.